The minimum atomic E-state index is -0.593. The summed E-state index contributed by atoms with van der Waals surface area (Å²) in [4.78, 5) is 32.1. The highest BCUT2D eigenvalue weighted by molar-refractivity contribution is 6.30. The second-order valence-corrected chi connectivity index (χ2v) is 6.45. The molecule has 0 radical (unpaired) electrons. The fourth-order valence-corrected chi connectivity index (χ4v) is 2.79. The zero-order valence-corrected chi connectivity index (χ0v) is 14.7. The third-order valence-corrected chi connectivity index (χ3v) is 4.03. The van der Waals surface area contributed by atoms with Crippen molar-refractivity contribution in [1.82, 2.24) is 9.97 Å². The van der Waals surface area contributed by atoms with Crippen molar-refractivity contribution < 1.29 is 14.1 Å². The molecule has 1 unspecified atom stereocenters. The molecule has 0 aliphatic carbocycles. The van der Waals surface area contributed by atoms with Gasteiger partial charge in [0.1, 0.15) is 12.4 Å². The Bertz CT molecular complexity index is 1020. The SMILES string of the molecule is C[NH+](CC(=O)Nc1ccc(Cl)cc1F)Cc1nc2ccccc2c(=O)[nH]1. The highest BCUT2D eigenvalue weighted by Crippen LogP contribution is 2.18. The molecular formula is C18H17ClFN4O2+. The van der Waals surface area contributed by atoms with Crippen molar-refractivity contribution in [2.24, 2.45) is 0 Å². The lowest BCUT2D eigenvalue weighted by molar-refractivity contribution is -0.885. The van der Waals surface area contributed by atoms with Gasteiger partial charge in [-0.1, -0.05) is 23.7 Å². The number of hydrogen-bond donors (Lipinski definition) is 3. The highest BCUT2D eigenvalue weighted by atomic mass is 35.5. The number of fused-ring (bicyclic) bond motifs is 1. The molecule has 26 heavy (non-hydrogen) atoms. The van der Waals surface area contributed by atoms with E-state index in [0.717, 1.165) is 11.0 Å². The zero-order valence-electron chi connectivity index (χ0n) is 14.0. The number of amides is 1. The molecule has 0 aliphatic rings. The first kappa shape index (κ1) is 18.0. The van der Waals surface area contributed by atoms with Crippen molar-refractivity contribution in [3.05, 3.63) is 69.5 Å². The zero-order chi connectivity index (χ0) is 18.7. The number of nitrogens with one attached hydrogen (secondary N) is 3. The average molecular weight is 376 g/mol. The summed E-state index contributed by atoms with van der Waals surface area (Å²) in [5.74, 6) is -0.465. The Kier molecular flexibility index (Phi) is 5.29. The maximum Gasteiger partial charge on any atom is 0.279 e. The quantitative estimate of drug-likeness (QED) is 0.630. The van der Waals surface area contributed by atoms with Gasteiger partial charge in [0.15, 0.2) is 12.4 Å². The normalized spacial score (nSPS) is 12.1. The van der Waals surface area contributed by atoms with Crippen LogP contribution in [0.3, 0.4) is 0 Å². The molecular weight excluding hydrogens is 359 g/mol. The van der Waals surface area contributed by atoms with E-state index < -0.39 is 5.82 Å². The number of rotatable bonds is 5. The Balaban J connectivity index is 1.66. The van der Waals surface area contributed by atoms with E-state index in [9.17, 15) is 14.0 Å². The number of benzene rings is 2. The van der Waals surface area contributed by atoms with E-state index in [2.05, 4.69) is 15.3 Å². The lowest BCUT2D eigenvalue weighted by atomic mass is 10.2. The topological polar surface area (TPSA) is 79.3 Å². The van der Waals surface area contributed by atoms with Crippen LogP contribution in [0.4, 0.5) is 10.1 Å². The van der Waals surface area contributed by atoms with Crippen LogP contribution in [0, 0.1) is 5.82 Å². The molecule has 1 aromatic heterocycles. The third-order valence-electron chi connectivity index (χ3n) is 3.80. The number of para-hydroxylation sites is 1. The molecule has 0 saturated carbocycles. The van der Waals surface area contributed by atoms with Crippen LogP contribution in [-0.4, -0.2) is 29.5 Å². The van der Waals surface area contributed by atoms with E-state index in [0.29, 0.717) is 23.3 Å². The average Bonchev–Trinajstić information content (AvgIpc) is 2.57. The van der Waals surface area contributed by atoms with Crippen LogP contribution in [0.25, 0.3) is 10.9 Å². The molecule has 0 saturated heterocycles. The second kappa shape index (κ2) is 7.63. The molecule has 3 rings (SSSR count). The molecule has 1 atom stereocenters. The summed E-state index contributed by atoms with van der Waals surface area (Å²) in [6.07, 6.45) is 0. The van der Waals surface area contributed by atoms with E-state index in [1.165, 1.54) is 12.1 Å². The van der Waals surface area contributed by atoms with E-state index in [1.54, 1.807) is 25.2 Å². The summed E-state index contributed by atoms with van der Waals surface area (Å²) in [6, 6.07) is 11.1. The lowest BCUT2D eigenvalue weighted by Crippen LogP contribution is -3.08. The number of carbonyl (C=O) groups excluding carboxylic acids is 1. The second-order valence-electron chi connectivity index (χ2n) is 6.01. The van der Waals surface area contributed by atoms with Gasteiger partial charge in [-0.15, -0.1) is 0 Å². The Morgan fingerprint density at radius 2 is 2.08 bits per heavy atom. The standard InChI is InChI=1S/C18H16ClFN4O2/c1-24(10-17(25)22-15-7-6-11(19)8-13(15)20)9-16-21-14-5-3-2-4-12(14)18(26)23-16/h2-8H,9-10H2,1H3,(H,22,25)(H,21,23,26)/p+1. The van der Waals surface area contributed by atoms with Crippen molar-refractivity contribution in [2.45, 2.75) is 6.54 Å². The predicted molar refractivity (Wildman–Crippen MR) is 97.9 cm³/mol. The minimum absolute atomic E-state index is 0.0736. The van der Waals surface area contributed by atoms with Gasteiger partial charge >= 0.3 is 0 Å². The Morgan fingerprint density at radius 1 is 1.31 bits per heavy atom. The Hall–Kier alpha value is -2.77. The number of aromatic nitrogens is 2. The minimum Gasteiger partial charge on any atom is -0.323 e. The van der Waals surface area contributed by atoms with Crippen LogP contribution in [0.1, 0.15) is 5.82 Å². The van der Waals surface area contributed by atoms with Crippen molar-refractivity contribution >= 4 is 34.1 Å². The van der Waals surface area contributed by atoms with Crippen molar-refractivity contribution in [2.75, 3.05) is 18.9 Å². The summed E-state index contributed by atoms with van der Waals surface area (Å²) in [5.41, 5.74) is 0.460. The van der Waals surface area contributed by atoms with E-state index in [4.69, 9.17) is 11.6 Å². The highest BCUT2D eigenvalue weighted by Gasteiger charge is 2.14. The number of halogens is 2. The van der Waals surface area contributed by atoms with E-state index in [1.807, 2.05) is 6.07 Å². The van der Waals surface area contributed by atoms with Crippen LogP contribution in [0.15, 0.2) is 47.3 Å². The van der Waals surface area contributed by atoms with Gasteiger partial charge in [-0.2, -0.15) is 0 Å². The molecule has 6 nitrogen and oxygen atoms in total. The largest absolute Gasteiger partial charge is 0.323 e. The van der Waals surface area contributed by atoms with Crippen LogP contribution in [-0.2, 0) is 11.3 Å². The van der Waals surface area contributed by atoms with Gasteiger partial charge in [-0.3, -0.25) is 9.59 Å². The molecule has 2 aromatic carbocycles. The third kappa shape index (κ3) is 4.25. The van der Waals surface area contributed by atoms with Crippen LogP contribution < -0.4 is 15.8 Å². The number of nitrogens with zero attached hydrogens (tertiary/aromatic N) is 1. The van der Waals surface area contributed by atoms with Gasteiger partial charge in [-0.25, -0.2) is 9.37 Å². The molecule has 8 heteroatoms. The van der Waals surface area contributed by atoms with Crippen LogP contribution in [0.2, 0.25) is 5.02 Å². The lowest BCUT2D eigenvalue weighted by Gasteiger charge is -2.14. The van der Waals surface area contributed by atoms with Crippen LogP contribution >= 0.6 is 11.6 Å². The van der Waals surface area contributed by atoms with Gasteiger partial charge in [0.25, 0.3) is 11.5 Å². The fourth-order valence-electron chi connectivity index (χ4n) is 2.63. The van der Waals surface area contributed by atoms with Gasteiger partial charge in [0, 0.05) is 5.02 Å². The van der Waals surface area contributed by atoms with Gasteiger partial charge in [0.2, 0.25) is 0 Å². The number of likely N-dealkylation sites (N-methyl/N-ethyl adjacent to an activating group) is 1. The summed E-state index contributed by atoms with van der Waals surface area (Å²) in [6.45, 7) is 0.426. The molecule has 0 fully saturated rings. The van der Waals surface area contributed by atoms with E-state index in [-0.39, 0.29) is 28.7 Å². The summed E-state index contributed by atoms with van der Waals surface area (Å²) in [7, 11) is 1.78. The first-order chi connectivity index (χ1) is 12.4. The van der Waals surface area contributed by atoms with Crippen molar-refractivity contribution in [3.8, 4) is 0 Å². The number of carbonyl (C=O) groups is 1. The molecule has 0 bridgehead atoms. The summed E-state index contributed by atoms with van der Waals surface area (Å²) in [5, 5.41) is 3.29. The van der Waals surface area contributed by atoms with Gasteiger partial charge in [-0.05, 0) is 30.3 Å². The number of anilines is 1. The Morgan fingerprint density at radius 3 is 2.85 bits per heavy atom. The summed E-state index contributed by atoms with van der Waals surface area (Å²) < 4.78 is 13.7. The molecule has 0 aliphatic heterocycles. The first-order valence-corrected chi connectivity index (χ1v) is 8.34. The monoisotopic (exact) mass is 375 g/mol. The molecule has 1 heterocycles. The molecule has 3 aromatic rings. The summed E-state index contributed by atoms with van der Waals surface area (Å²) >= 11 is 5.69. The predicted octanol–water partition coefficient (Wildman–Crippen LogP) is 1.37. The smallest absolute Gasteiger partial charge is 0.279 e. The molecule has 0 spiro atoms. The van der Waals surface area contributed by atoms with Crippen molar-refractivity contribution in [1.29, 1.82) is 0 Å². The maximum atomic E-state index is 13.7. The van der Waals surface area contributed by atoms with Gasteiger partial charge < -0.3 is 15.2 Å². The molecule has 1 amide bonds. The fraction of sp³-hybridized carbons (Fsp3) is 0.167. The van der Waals surface area contributed by atoms with Crippen LogP contribution in [0.5, 0.6) is 0 Å². The van der Waals surface area contributed by atoms with E-state index >= 15 is 0 Å². The number of quaternary nitrogens is 1. The number of H-pyrrole nitrogens is 1. The number of hydrogen-bond acceptors (Lipinski definition) is 3. The molecule has 3 N–H and O–H groups in total. The first-order valence-electron chi connectivity index (χ1n) is 7.96. The molecule has 134 valence electrons. The maximum absolute atomic E-state index is 13.7. The number of aromatic amines is 1. The van der Waals surface area contributed by atoms with Gasteiger partial charge in [0.05, 0.1) is 23.6 Å². The Labute approximate surface area is 153 Å². The van der Waals surface area contributed by atoms with Crippen molar-refractivity contribution in [3.63, 3.8) is 0 Å².